The molecule has 5 heteroatoms. The molecule has 0 aliphatic carbocycles. The van der Waals surface area contributed by atoms with Crippen LogP contribution < -0.4 is 9.47 Å². The van der Waals surface area contributed by atoms with Gasteiger partial charge in [0.05, 0.1) is 5.56 Å². The molecule has 0 atom stereocenters. The lowest BCUT2D eigenvalue weighted by Crippen LogP contribution is -2.05. The summed E-state index contributed by atoms with van der Waals surface area (Å²) in [5.74, 6) is 0.665. The minimum Gasteiger partial charge on any atom is -0.452 e. The van der Waals surface area contributed by atoms with Crippen LogP contribution in [0.25, 0.3) is 10.8 Å². The lowest BCUT2D eigenvalue weighted by Gasteiger charge is -2.13. The second-order valence-electron chi connectivity index (χ2n) is 4.69. The van der Waals surface area contributed by atoms with Crippen LogP contribution in [0.4, 0.5) is 4.79 Å². The molecule has 23 heavy (non-hydrogen) atoms. The standard InChI is InChI=1S/C18H11NO4/c19-11-13-6-2-4-8-15(13)22-16-10-9-12-5-1-3-7-14(12)17(16)23-18(20)21/h1-10H,(H,20,21). The van der Waals surface area contributed by atoms with Crippen molar-refractivity contribution in [2.75, 3.05) is 0 Å². The zero-order valence-corrected chi connectivity index (χ0v) is 11.9. The summed E-state index contributed by atoms with van der Waals surface area (Å²) in [6.45, 7) is 0. The normalized spacial score (nSPS) is 10.0. The predicted molar refractivity (Wildman–Crippen MR) is 83.8 cm³/mol. The van der Waals surface area contributed by atoms with E-state index in [9.17, 15) is 4.79 Å². The van der Waals surface area contributed by atoms with Gasteiger partial charge in [-0.05, 0) is 23.6 Å². The fraction of sp³-hybridized carbons (Fsp3) is 0. The first-order chi connectivity index (χ1) is 11.2. The Morgan fingerprint density at radius 3 is 2.48 bits per heavy atom. The Hall–Kier alpha value is -3.52. The van der Waals surface area contributed by atoms with Crippen molar-refractivity contribution >= 4 is 16.9 Å². The molecule has 112 valence electrons. The second-order valence-corrected chi connectivity index (χ2v) is 4.69. The Morgan fingerprint density at radius 1 is 0.957 bits per heavy atom. The van der Waals surface area contributed by atoms with E-state index in [1.165, 1.54) is 0 Å². The first kappa shape index (κ1) is 14.4. The molecule has 0 spiro atoms. The van der Waals surface area contributed by atoms with Crippen LogP contribution in [0, 0.1) is 11.3 Å². The van der Waals surface area contributed by atoms with Gasteiger partial charge in [-0.25, -0.2) is 4.79 Å². The topological polar surface area (TPSA) is 79.5 Å². The lowest BCUT2D eigenvalue weighted by atomic mass is 10.1. The van der Waals surface area contributed by atoms with E-state index in [1.54, 1.807) is 48.5 Å². The zero-order chi connectivity index (χ0) is 16.2. The van der Waals surface area contributed by atoms with Crippen molar-refractivity contribution in [3.05, 3.63) is 66.2 Å². The van der Waals surface area contributed by atoms with Crippen LogP contribution >= 0.6 is 0 Å². The van der Waals surface area contributed by atoms with E-state index in [1.807, 2.05) is 18.2 Å². The van der Waals surface area contributed by atoms with Crippen LogP contribution in [0.5, 0.6) is 17.2 Å². The molecule has 0 radical (unpaired) electrons. The van der Waals surface area contributed by atoms with Gasteiger partial charge in [-0.3, -0.25) is 0 Å². The number of carbonyl (C=O) groups is 1. The number of ether oxygens (including phenoxy) is 2. The molecule has 0 amide bonds. The molecule has 0 aromatic heterocycles. The molecule has 3 rings (SSSR count). The number of rotatable bonds is 3. The maximum absolute atomic E-state index is 11.0. The van der Waals surface area contributed by atoms with Crippen LogP contribution in [-0.4, -0.2) is 11.3 Å². The summed E-state index contributed by atoms with van der Waals surface area (Å²) in [6, 6.07) is 19.4. The van der Waals surface area contributed by atoms with Gasteiger partial charge in [-0.15, -0.1) is 0 Å². The molecule has 0 bridgehead atoms. The Morgan fingerprint density at radius 2 is 1.70 bits per heavy atom. The van der Waals surface area contributed by atoms with Crippen molar-refractivity contribution in [3.8, 4) is 23.3 Å². The van der Waals surface area contributed by atoms with Gasteiger partial charge in [0.2, 0.25) is 0 Å². The number of para-hydroxylation sites is 1. The highest BCUT2D eigenvalue weighted by molar-refractivity contribution is 5.92. The van der Waals surface area contributed by atoms with Gasteiger partial charge in [0, 0.05) is 5.39 Å². The van der Waals surface area contributed by atoms with Gasteiger partial charge in [0.1, 0.15) is 11.8 Å². The number of hydrogen-bond donors (Lipinski definition) is 1. The van der Waals surface area contributed by atoms with Crippen LogP contribution in [0.2, 0.25) is 0 Å². The van der Waals surface area contributed by atoms with Gasteiger partial charge in [-0.1, -0.05) is 42.5 Å². The minimum atomic E-state index is -1.43. The van der Waals surface area contributed by atoms with Crippen molar-refractivity contribution in [1.82, 2.24) is 0 Å². The van der Waals surface area contributed by atoms with Crippen molar-refractivity contribution < 1.29 is 19.4 Å². The molecular formula is C18H11NO4. The Labute approximate surface area is 131 Å². The molecule has 0 fully saturated rings. The van der Waals surface area contributed by atoms with Gasteiger partial charge < -0.3 is 14.6 Å². The SMILES string of the molecule is N#Cc1ccccc1Oc1ccc2ccccc2c1OC(=O)O. The number of nitriles is 1. The largest absolute Gasteiger partial charge is 0.511 e. The summed E-state index contributed by atoms with van der Waals surface area (Å²) in [7, 11) is 0. The van der Waals surface area contributed by atoms with E-state index in [-0.39, 0.29) is 11.5 Å². The van der Waals surface area contributed by atoms with Gasteiger partial charge in [0.25, 0.3) is 0 Å². The molecule has 0 aliphatic heterocycles. The Bertz CT molecular complexity index is 928. The predicted octanol–water partition coefficient (Wildman–Crippen LogP) is 4.56. The van der Waals surface area contributed by atoms with E-state index >= 15 is 0 Å². The molecule has 0 aliphatic rings. The highest BCUT2D eigenvalue weighted by Gasteiger charge is 2.15. The monoisotopic (exact) mass is 305 g/mol. The lowest BCUT2D eigenvalue weighted by molar-refractivity contribution is 0.144. The summed E-state index contributed by atoms with van der Waals surface area (Å²) >= 11 is 0. The fourth-order valence-electron chi connectivity index (χ4n) is 2.26. The number of benzene rings is 3. The van der Waals surface area contributed by atoms with Crippen molar-refractivity contribution in [2.24, 2.45) is 0 Å². The molecule has 0 unspecified atom stereocenters. The van der Waals surface area contributed by atoms with Gasteiger partial charge in [0.15, 0.2) is 11.5 Å². The van der Waals surface area contributed by atoms with Crippen molar-refractivity contribution in [3.63, 3.8) is 0 Å². The summed E-state index contributed by atoms with van der Waals surface area (Å²) in [4.78, 5) is 11.0. The van der Waals surface area contributed by atoms with E-state index in [4.69, 9.17) is 19.8 Å². The van der Waals surface area contributed by atoms with Crippen LogP contribution in [0.15, 0.2) is 60.7 Å². The van der Waals surface area contributed by atoms with Crippen LogP contribution in [0.3, 0.4) is 0 Å². The first-order valence-corrected chi connectivity index (χ1v) is 6.78. The van der Waals surface area contributed by atoms with Gasteiger partial charge >= 0.3 is 6.16 Å². The summed E-state index contributed by atoms with van der Waals surface area (Å²) in [6.07, 6.45) is -1.43. The summed E-state index contributed by atoms with van der Waals surface area (Å²) in [5.41, 5.74) is 0.349. The molecule has 0 heterocycles. The maximum atomic E-state index is 11.0. The van der Waals surface area contributed by atoms with E-state index in [0.29, 0.717) is 16.7 Å². The molecule has 3 aromatic carbocycles. The van der Waals surface area contributed by atoms with E-state index < -0.39 is 6.16 Å². The third kappa shape index (κ3) is 2.92. The maximum Gasteiger partial charge on any atom is 0.511 e. The third-order valence-corrected chi connectivity index (χ3v) is 3.26. The quantitative estimate of drug-likeness (QED) is 0.566. The van der Waals surface area contributed by atoms with Crippen LogP contribution in [0.1, 0.15) is 5.56 Å². The third-order valence-electron chi connectivity index (χ3n) is 3.26. The zero-order valence-electron chi connectivity index (χ0n) is 11.9. The number of hydrogen-bond acceptors (Lipinski definition) is 4. The molecular weight excluding hydrogens is 294 g/mol. The Balaban J connectivity index is 2.13. The number of fused-ring (bicyclic) bond motifs is 1. The average molecular weight is 305 g/mol. The molecule has 5 nitrogen and oxygen atoms in total. The average Bonchev–Trinajstić information content (AvgIpc) is 2.57. The highest BCUT2D eigenvalue weighted by atomic mass is 16.7. The highest BCUT2D eigenvalue weighted by Crippen LogP contribution is 2.39. The fourth-order valence-corrected chi connectivity index (χ4v) is 2.26. The Kier molecular flexibility index (Phi) is 3.81. The van der Waals surface area contributed by atoms with E-state index in [2.05, 4.69) is 0 Å². The number of nitrogens with zero attached hydrogens (tertiary/aromatic N) is 1. The molecule has 3 aromatic rings. The number of carboxylic acid groups (broad SMARTS) is 1. The van der Waals surface area contributed by atoms with E-state index in [0.717, 1.165) is 5.39 Å². The summed E-state index contributed by atoms with van der Waals surface area (Å²) < 4.78 is 10.6. The second kappa shape index (κ2) is 6.08. The van der Waals surface area contributed by atoms with Crippen molar-refractivity contribution in [1.29, 1.82) is 5.26 Å². The molecule has 0 saturated carbocycles. The smallest absolute Gasteiger partial charge is 0.452 e. The molecule has 0 saturated heterocycles. The molecule has 1 N–H and O–H groups in total. The minimum absolute atomic E-state index is 0.100. The van der Waals surface area contributed by atoms with Crippen molar-refractivity contribution in [2.45, 2.75) is 0 Å². The van der Waals surface area contributed by atoms with Gasteiger partial charge in [-0.2, -0.15) is 5.26 Å². The van der Waals surface area contributed by atoms with Crippen LogP contribution in [-0.2, 0) is 0 Å². The summed E-state index contributed by atoms with van der Waals surface area (Å²) in [5, 5.41) is 19.6. The first-order valence-electron chi connectivity index (χ1n) is 6.78.